The van der Waals surface area contributed by atoms with Crippen LogP contribution in [0.25, 0.3) is 0 Å². The third kappa shape index (κ3) is 4.49. The smallest absolute Gasteiger partial charge is 0.254 e. The van der Waals surface area contributed by atoms with Crippen LogP contribution in [0, 0.1) is 17.8 Å². The molecule has 1 aromatic rings. The highest BCUT2D eigenvalue weighted by Gasteiger charge is 2.55. The normalized spacial score (nSPS) is 36.2. The molecule has 180 valence electrons. The number of likely N-dealkylation sites (N-methyl/N-ethyl adjacent to an activating group) is 1. The number of carbonyl (C=O) groups excluding carboxylic acids is 1. The lowest BCUT2D eigenvalue weighted by Crippen LogP contribution is -2.61. The Hall–Kier alpha value is -1.77. The van der Waals surface area contributed by atoms with Gasteiger partial charge in [-0.3, -0.25) is 9.69 Å². The fraction of sp³-hybridized carbons (Fsp3) is 0.800. The molecule has 5 aliphatic carbocycles. The van der Waals surface area contributed by atoms with E-state index >= 15 is 0 Å². The van der Waals surface area contributed by atoms with Crippen molar-refractivity contribution in [1.82, 2.24) is 25.1 Å². The van der Waals surface area contributed by atoms with Crippen LogP contribution in [0.1, 0.15) is 66.9 Å². The minimum atomic E-state index is -0.475. The predicted molar refractivity (Wildman–Crippen MR) is 126 cm³/mol. The summed E-state index contributed by atoms with van der Waals surface area (Å²) in [6.45, 7) is 6.24. The Morgan fingerprint density at radius 2 is 1.88 bits per heavy atom. The lowest BCUT2D eigenvalue weighted by atomic mass is 9.52. The Morgan fingerprint density at radius 1 is 1.15 bits per heavy atom. The summed E-state index contributed by atoms with van der Waals surface area (Å²) in [7, 11) is 2.17. The van der Waals surface area contributed by atoms with E-state index < -0.39 is 5.60 Å². The highest BCUT2D eigenvalue weighted by molar-refractivity contribution is 5.95. The molecule has 2 heterocycles. The van der Waals surface area contributed by atoms with Gasteiger partial charge in [-0.25, -0.2) is 9.97 Å². The first-order valence-electron chi connectivity index (χ1n) is 13.0. The van der Waals surface area contributed by atoms with E-state index in [0.29, 0.717) is 35.2 Å². The van der Waals surface area contributed by atoms with Gasteiger partial charge in [0.25, 0.3) is 5.91 Å². The van der Waals surface area contributed by atoms with Gasteiger partial charge in [-0.05, 0) is 69.7 Å². The molecular weight excluding hydrogens is 416 g/mol. The lowest BCUT2D eigenvalue weighted by molar-refractivity contribution is -0.136. The Labute approximate surface area is 196 Å². The van der Waals surface area contributed by atoms with Crippen molar-refractivity contribution in [3.8, 4) is 0 Å². The molecule has 0 spiro atoms. The van der Waals surface area contributed by atoms with E-state index in [4.69, 9.17) is 4.98 Å². The van der Waals surface area contributed by atoms with Gasteiger partial charge < -0.3 is 20.6 Å². The van der Waals surface area contributed by atoms with Crippen molar-refractivity contribution >= 4 is 11.9 Å². The van der Waals surface area contributed by atoms with Crippen LogP contribution in [0.4, 0.5) is 5.95 Å². The van der Waals surface area contributed by atoms with Gasteiger partial charge >= 0.3 is 0 Å². The lowest BCUT2D eigenvalue weighted by Gasteiger charge is -2.58. The number of rotatable bonds is 7. The summed E-state index contributed by atoms with van der Waals surface area (Å²) in [5, 5.41) is 17.6. The van der Waals surface area contributed by atoms with Crippen LogP contribution in [-0.4, -0.2) is 88.7 Å². The van der Waals surface area contributed by atoms with Crippen LogP contribution in [0.15, 0.2) is 6.20 Å². The fourth-order valence-corrected chi connectivity index (χ4v) is 7.17. The zero-order chi connectivity index (χ0) is 22.6. The van der Waals surface area contributed by atoms with Crippen molar-refractivity contribution in [2.45, 2.75) is 62.5 Å². The maximum Gasteiger partial charge on any atom is 0.254 e. The number of hydrogen-bond donors (Lipinski definition) is 3. The van der Waals surface area contributed by atoms with Gasteiger partial charge in [0, 0.05) is 57.4 Å². The number of anilines is 1. The minimum absolute atomic E-state index is 0.0228. The van der Waals surface area contributed by atoms with Crippen molar-refractivity contribution in [3.63, 3.8) is 0 Å². The van der Waals surface area contributed by atoms with Gasteiger partial charge in [-0.15, -0.1) is 0 Å². The van der Waals surface area contributed by atoms with E-state index in [2.05, 4.69) is 32.5 Å². The highest BCUT2D eigenvalue weighted by atomic mass is 16.3. The molecule has 1 saturated heterocycles. The molecule has 7 rings (SSSR count). The van der Waals surface area contributed by atoms with E-state index in [1.54, 1.807) is 6.20 Å². The van der Waals surface area contributed by atoms with E-state index in [9.17, 15) is 9.90 Å². The Morgan fingerprint density at radius 3 is 2.55 bits per heavy atom. The predicted octanol–water partition coefficient (Wildman–Crippen LogP) is 1.68. The molecule has 1 amide bonds. The minimum Gasteiger partial charge on any atom is -0.390 e. The summed E-state index contributed by atoms with van der Waals surface area (Å²) in [4.78, 5) is 27.5. The maximum atomic E-state index is 13.3. The molecule has 3 N–H and O–H groups in total. The molecule has 2 unspecified atom stereocenters. The Balaban J connectivity index is 1.09. The standard InChI is InChI=1S/C25H38N6O2/c1-30-6-8-31(9-7-30)5-4-26-24-27-15-20(22(29-24)17-2-3-17)23(32)28-21-18-10-16-11-19(21)14-25(33,12-16)13-18/h15-19,21,33H,2-14H2,1H3,(H,28,32)(H,26,27,29). The topological polar surface area (TPSA) is 93.6 Å². The van der Waals surface area contributed by atoms with Crippen molar-refractivity contribution in [3.05, 3.63) is 17.5 Å². The fourth-order valence-electron chi connectivity index (χ4n) is 7.17. The van der Waals surface area contributed by atoms with Crippen LogP contribution in [0.3, 0.4) is 0 Å². The first kappa shape index (κ1) is 21.7. The molecule has 1 aromatic heterocycles. The van der Waals surface area contributed by atoms with Gasteiger partial charge in [0.1, 0.15) is 0 Å². The number of hydrogen-bond acceptors (Lipinski definition) is 7. The zero-order valence-electron chi connectivity index (χ0n) is 19.8. The zero-order valence-corrected chi connectivity index (χ0v) is 19.8. The molecule has 4 bridgehead atoms. The quantitative estimate of drug-likeness (QED) is 0.577. The Bertz CT molecular complexity index is 881. The van der Waals surface area contributed by atoms with Crippen LogP contribution in [0.5, 0.6) is 0 Å². The maximum absolute atomic E-state index is 13.3. The molecule has 6 fully saturated rings. The molecule has 6 aliphatic rings. The van der Waals surface area contributed by atoms with Crippen molar-refractivity contribution in [1.29, 1.82) is 0 Å². The molecule has 1 aliphatic heterocycles. The van der Waals surface area contributed by atoms with Crippen LogP contribution in [-0.2, 0) is 0 Å². The summed E-state index contributed by atoms with van der Waals surface area (Å²) >= 11 is 0. The summed E-state index contributed by atoms with van der Waals surface area (Å²) < 4.78 is 0. The average molecular weight is 455 g/mol. The summed E-state index contributed by atoms with van der Waals surface area (Å²) in [6.07, 6.45) is 8.86. The summed E-state index contributed by atoms with van der Waals surface area (Å²) in [5.74, 6) is 2.45. The van der Waals surface area contributed by atoms with Crippen molar-refractivity contribution < 1.29 is 9.90 Å². The first-order valence-corrected chi connectivity index (χ1v) is 13.0. The molecular formula is C25H38N6O2. The molecule has 8 nitrogen and oxygen atoms in total. The SMILES string of the molecule is CN1CCN(CCNc2ncc(C(=O)NC3C4CC5CC3CC(O)(C5)C4)c(C3CC3)n2)CC1. The number of aliphatic hydroxyl groups is 1. The second-order valence-corrected chi connectivity index (χ2v) is 11.5. The monoisotopic (exact) mass is 454 g/mol. The summed E-state index contributed by atoms with van der Waals surface area (Å²) in [6, 6.07) is 0.183. The number of nitrogens with one attached hydrogen (secondary N) is 2. The summed E-state index contributed by atoms with van der Waals surface area (Å²) in [5.41, 5.74) is 1.08. The van der Waals surface area contributed by atoms with E-state index in [1.165, 1.54) is 0 Å². The van der Waals surface area contributed by atoms with E-state index in [0.717, 1.165) is 89.9 Å². The average Bonchev–Trinajstić information content (AvgIpc) is 3.62. The number of aromatic nitrogens is 2. The highest BCUT2D eigenvalue weighted by Crippen LogP contribution is 2.55. The second-order valence-electron chi connectivity index (χ2n) is 11.5. The van der Waals surface area contributed by atoms with E-state index in [1.807, 2.05) is 0 Å². The van der Waals surface area contributed by atoms with Gasteiger partial charge in [0.05, 0.1) is 16.9 Å². The van der Waals surface area contributed by atoms with Crippen molar-refractivity contribution in [2.75, 3.05) is 51.6 Å². The van der Waals surface area contributed by atoms with Crippen LogP contribution >= 0.6 is 0 Å². The molecule has 2 atom stereocenters. The molecule has 8 heteroatoms. The van der Waals surface area contributed by atoms with Crippen LogP contribution in [0.2, 0.25) is 0 Å². The number of piperazine rings is 1. The third-order valence-corrected chi connectivity index (χ3v) is 8.87. The number of nitrogens with zero attached hydrogens (tertiary/aromatic N) is 4. The largest absolute Gasteiger partial charge is 0.390 e. The van der Waals surface area contributed by atoms with Gasteiger partial charge in [0.15, 0.2) is 0 Å². The molecule has 0 radical (unpaired) electrons. The van der Waals surface area contributed by atoms with E-state index in [-0.39, 0.29) is 11.9 Å². The van der Waals surface area contributed by atoms with Gasteiger partial charge in [-0.1, -0.05) is 0 Å². The molecule has 0 aromatic carbocycles. The molecule has 5 saturated carbocycles. The second kappa shape index (κ2) is 8.47. The first-order chi connectivity index (χ1) is 16.0. The number of amides is 1. The van der Waals surface area contributed by atoms with Gasteiger partial charge in [0.2, 0.25) is 5.95 Å². The molecule has 33 heavy (non-hydrogen) atoms. The number of carbonyl (C=O) groups is 1. The van der Waals surface area contributed by atoms with Crippen molar-refractivity contribution in [2.24, 2.45) is 17.8 Å². The van der Waals surface area contributed by atoms with Gasteiger partial charge in [-0.2, -0.15) is 0 Å². The Kier molecular flexibility index (Phi) is 5.58. The third-order valence-electron chi connectivity index (χ3n) is 8.87. The van der Waals surface area contributed by atoms with Crippen LogP contribution < -0.4 is 10.6 Å².